The summed E-state index contributed by atoms with van der Waals surface area (Å²) >= 11 is 6.76. The Labute approximate surface area is 161 Å². The smallest absolute Gasteiger partial charge is 0.293 e. The summed E-state index contributed by atoms with van der Waals surface area (Å²) in [7, 11) is 0. The molecule has 2 aliphatic rings. The molecule has 1 atom stereocenters. The lowest BCUT2D eigenvalue weighted by molar-refractivity contribution is -0.126. The molecule has 0 aromatic heterocycles. The molecule has 1 N–H and O–H groups in total. The first-order valence-corrected chi connectivity index (χ1v) is 9.67. The first-order valence-electron chi connectivity index (χ1n) is 8.48. The number of amides is 3. The first-order chi connectivity index (χ1) is 12.5. The number of thioether (sulfide) groups is 1. The molecular weight excluding hydrogens is 372 g/mol. The van der Waals surface area contributed by atoms with Crippen LogP contribution in [-0.2, 0) is 9.59 Å². The number of nitrogens with one attached hydrogen (secondary N) is 1. The van der Waals surface area contributed by atoms with E-state index in [1.54, 1.807) is 30.3 Å². The number of halogens is 1. The maximum Gasteiger partial charge on any atom is 0.293 e. The molecule has 1 heterocycles. The Morgan fingerprint density at radius 1 is 1.27 bits per heavy atom. The summed E-state index contributed by atoms with van der Waals surface area (Å²) in [5.74, 6) is -0.359. The molecule has 26 heavy (non-hydrogen) atoms. The van der Waals surface area contributed by atoms with Crippen molar-refractivity contribution in [3.63, 3.8) is 0 Å². The number of hydrogen-bond acceptors (Lipinski definition) is 4. The van der Waals surface area contributed by atoms with Crippen molar-refractivity contribution in [2.45, 2.75) is 19.3 Å². The fraction of sp³-hybridized carbons (Fsp3) is 0.316. The molecule has 0 radical (unpaired) electrons. The highest BCUT2D eigenvalue weighted by molar-refractivity contribution is 8.18. The van der Waals surface area contributed by atoms with Gasteiger partial charge in [0.15, 0.2) is 0 Å². The zero-order valence-electron chi connectivity index (χ0n) is 14.1. The molecule has 1 aliphatic heterocycles. The van der Waals surface area contributed by atoms with Crippen molar-refractivity contribution < 1.29 is 14.4 Å². The molecule has 1 aliphatic carbocycles. The number of carbonyl (C=O) groups is 3. The van der Waals surface area contributed by atoms with E-state index in [1.165, 1.54) is 4.90 Å². The van der Waals surface area contributed by atoms with Gasteiger partial charge >= 0.3 is 0 Å². The summed E-state index contributed by atoms with van der Waals surface area (Å²) < 4.78 is 0. The Morgan fingerprint density at radius 2 is 2.04 bits per heavy atom. The summed E-state index contributed by atoms with van der Waals surface area (Å²) in [6.07, 6.45) is 8.28. The van der Waals surface area contributed by atoms with Crippen LogP contribution in [-0.4, -0.2) is 35.0 Å². The van der Waals surface area contributed by atoms with Crippen LogP contribution in [0.15, 0.2) is 41.3 Å². The lowest BCUT2D eigenvalue weighted by Gasteiger charge is -2.18. The van der Waals surface area contributed by atoms with Crippen LogP contribution in [0.3, 0.4) is 0 Å². The topological polar surface area (TPSA) is 66.5 Å². The third kappa shape index (κ3) is 4.56. The van der Waals surface area contributed by atoms with Gasteiger partial charge in [-0.05, 0) is 54.8 Å². The zero-order chi connectivity index (χ0) is 18.5. The first kappa shape index (κ1) is 18.7. The van der Waals surface area contributed by atoms with E-state index in [0.29, 0.717) is 9.93 Å². The maximum absolute atomic E-state index is 12.4. The van der Waals surface area contributed by atoms with Crippen LogP contribution in [0.2, 0.25) is 5.02 Å². The van der Waals surface area contributed by atoms with E-state index >= 15 is 0 Å². The molecule has 0 bridgehead atoms. The molecular formula is C19H19ClN2O3S. The summed E-state index contributed by atoms with van der Waals surface area (Å²) in [5.41, 5.74) is 0.804. The van der Waals surface area contributed by atoms with Crippen molar-refractivity contribution in [1.82, 2.24) is 10.2 Å². The highest BCUT2D eigenvalue weighted by atomic mass is 35.5. The molecule has 136 valence electrons. The predicted octanol–water partition coefficient (Wildman–Crippen LogP) is 3.85. The van der Waals surface area contributed by atoms with Gasteiger partial charge in [0.05, 0.1) is 4.91 Å². The van der Waals surface area contributed by atoms with Crippen molar-refractivity contribution in [3.05, 3.63) is 51.9 Å². The highest BCUT2D eigenvalue weighted by Gasteiger charge is 2.34. The van der Waals surface area contributed by atoms with Gasteiger partial charge in [-0.2, -0.15) is 0 Å². The van der Waals surface area contributed by atoms with Gasteiger partial charge in [-0.1, -0.05) is 35.9 Å². The average molecular weight is 391 g/mol. The van der Waals surface area contributed by atoms with Crippen LogP contribution < -0.4 is 5.32 Å². The van der Waals surface area contributed by atoms with Gasteiger partial charge in [0.1, 0.15) is 0 Å². The second-order valence-corrected chi connectivity index (χ2v) is 7.59. The van der Waals surface area contributed by atoms with Crippen molar-refractivity contribution in [2.75, 3.05) is 13.1 Å². The standard InChI is InChI=1S/C19H19ClN2O3S/c20-15-8-6-13(7-9-15)12-16-18(24)22(19(25)26-16)11-10-21-17(23)14-4-2-1-3-5-14/h1-2,6-9,12,14H,3-5,10-11H2,(H,21,23)/b16-12-/t14-/m1/s1. The number of rotatable bonds is 5. The minimum Gasteiger partial charge on any atom is -0.354 e. The van der Waals surface area contributed by atoms with Crippen LogP contribution in [0.5, 0.6) is 0 Å². The number of hydrogen-bond donors (Lipinski definition) is 1. The molecule has 3 amide bonds. The van der Waals surface area contributed by atoms with E-state index in [2.05, 4.69) is 11.4 Å². The van der Waals surface area contributed by atoms with Crippen molar-refractivity contribution in [2.24, 2.45) is 5.92 Å². The van der Waals surface area contributed by atoms with Gasteiger partial charge in [-0.3, -0.25) is 19.3 Å². The monoisotopic (exact) mass is 390 g/mol. The number of carbonyl (C=O) groups excluding carboxylic acids is 3. The summed E-state index contributed by atoms with van der Waals surface area (Å²) in [4.78, 5) is 38.2. The van der Waals surface area contributed by atoms with Crippen LogP contribution in [0.25, 0.3) is 6.08 Å². The Kier molecular flexibility index (Phi) is 6.16. The van der Waals surface area contributed by atoms with E-state index in [4.69, 9.17) is 11.6 Å². The number of benzene rings is 1. The van der Waals surface area contributed by atoms with Crippen LogP contribution in [0.1, 0.15) is 24.8 Å². The van der Waals surface area contributed by atoms with Crippen LogP contribution in [0.4, 0.5) is 4.79 Å². The number of imide groups is 1. The lowest BCUT2D eigenvalue weighted by atomic mass is 9.94. The largest absolute Gasteiger partial charge is 0.354 e. The van der Waals surface area contributed by atoms with E-state index in [0.717, 1.165) is 36.6 Å². The summed E-state index contributed by atoms with van der Waals surface area (Å²) in [6.45, 7) is 0.447. The molecule has 0 saturated carbocycles. The lowest BCUT2D eigenvalue weighted by Crippen LogP contribution is -2.39. The van der Waals surface area contributed by atoms with Gasteiger partial charge in [0.2, 0.25) is 5.91 Å². The fourth-order valence-corrected chi connectivity index (χ4v) is 3.86. The molecule has 1 aromatic rings. The SMILES string of the molecule is O=C(NCCN1C(=O)S/C(=C\c2ccc(Cl)cc2)C1=O)[C@@H]1CC=CCC1. The minimum absolute atomic E-state index is 0.0142. The number of allylic oxidation sites excluding steroid dienone is 2. The second-order valence-electron chi connectivity index (χ2n) is 6.16. The van der Waals surface area contributed by atoms with Crippen LogP contribution >= 0.6 is 23.4 Å². The van der Waals surface area contributed by atoms with Gasteiger partial charge < -0.3 is 5.32 Å². The van der Waals surface area contributed by atoms with Gasteiger partial charge in [-0.15, -0.1) is 0 Å². The van der Waals surface area contributed by atoms with Gasteiger partial charge in [-0.25, -0.2) is 0 Å². The van der Waals surface area contributed by atoms with Gasteiger partial charge in [0, 0.05) is 24.0 Å². The molecule has 7 heteroatoms. The molecule has 3 rings (SSSR count). The minimum atomic E-state index is -0.329. The van der Waals surface area contributed by atoms with E-state index in [1.807, 2.05) is 6.08 Å². The third-order valence-electron chi connectivity index (χ3n) is 4.32. The van der Waals surface area contributed by atoms with Crippen molar-refractivity contribution >= 4 is 46.5 Å². The predicted molar refractivity (Wildman–Crippen MR) is 104 cm³/mol. The molecule has 0 spiro atoms. The van der Waals surface area contributed by atoms with E-state index in [-0.39, 0.29) is 36.1 Å². The van der Waals surface area contributed by atoms with Crippen molar-refractivity contribution in [1.29, 1.82) is 0 Å². The molecule has 1 fully saturated rings. The molecule has 5 nitrogen and oxygen atoms in total. The quantitative estimate of drug-likeness (QED) is 0.612. The van der Waals surface area contributed by atoms with Gasteiger partial charge in [0.25, 0.3) is 11.1 Å². The fourth-order valence-electron chi connectivity index (χ4n) is 2.87. The normalized spacial score (nSPS) is 21.5. The van der Waals surface area contributed by atoms with Crippen molar-refractivity contribution in [3.8, 4) is 0 Å². The number of nitrogens with zero attached hydrogens (tertiary/aromatic N) is 1. The maximum atomic E-state index is 12.4. The second kappa shape index (κ2) is 8.56. The molecule has 1 aromatic carbocycles. The van der Waals surface area contributed by atoms with Crippen LogP contribution in [0, 0.1) is 5.92 Å². The Morgan fingerprint density at radius 3 is 2.73 bits per heavy atom. The average Bonchev–Trinajstić information content (AvgIpc) is 2.91. The van der Waals surface area contributed by atoms with E-state index < -0.39 is 0 Å². The molecule has 0 unspecified atom stereocenters. The highest BCUT2D eigenvalue weighted by Crippen LogP contribution is 2.32. The third-order valence-corrected chi connectivity index (χ3v) is 5.48. The summed E-state index contributed by atoms with van der Waals surface area (Å²) in [6, 6.07) is 7.03. The summed E-state index contributed by atoms with van der Waals surface area (Å²) in [5, 5.41) is 3.12. The molecule has 1 saturated heterocycles. The Balaban J connectivity index is 1.54. The Hall–Kier alpha value is -2.05. The van der Waals surface area contributed by atoms with E-state index in [9.17, 15) is 14.4 Å². The Bertz CT molecular complexity index is 773. The zero-order valence-corrected chi connectivity index (χ0v) is 15.7.